The Bertz CT molecular complexity index is 351. The summed E-state index contributed by atoms with van der Waals surface area (Å²) >= 11 is 0. The standard InChI is InChI=1S/C14H24N2O4/c1-4-13(18)16(5-2)10-12(17)15-7-6-14(3)11-19-8-9-20-14/h4H,1,5-11H2,2-3H3,(H,15,17). The minimum Gasteiger partial charge on any atom is -0.376 e. The molecule has 1 aliphatic heterocycles. The first-order valence-electron chi connectivity index (χ1n) is 6.90. The number of nitrogens with zero attached hydrogens (tertiary/aromatic N) is 1. The van der Waals surface area contributed by atoms with Crippen LogP contribution in [0, 0.1) is 0 Å². The lowest BCUT2D eigenvalue weighted by Gasteiger charge is -2.33. The molecule has 1 atom stereocenters. The average molecular weight is 284 g/mol. The van der Waals surface area contributed by atoms with Gasteiger partial charge in [-0.2, -0.15) is 0 Å². The molecule has 0 aromatic carbocycles. The van der Waals surface area contributed by atoms with Crippen LogP contribution in [0.15, 0.2) is 12.7 Å². The van der Waals surface area contributed by atoms with Crippen LogP contribution in [0.5, 0.6) is 0 Å². The van der Waals surface area contributed by atoms with E-state index in [4.69, 9.17) is 9.47 Å². The molecule has 0 aliphatic carbocycles. The first-order chi connectivity index (χ1) is 9.50. The summed E-state index contributed by atoms with van der Waals surface area (Å²) in [5.41, 5.74) is -0.340. The van der Waals surface area contributed by atoms with Gasteiger partial charge in [0.05, 0.1) is 32.0 Å². The van der Waals surface area contributed by atoms with Crippen LogP contribution in [-0.4, -0.2) is 61.8 Å². The molecular formula is C14H24N2O4. The second kappa shape index (κ2) is 8.01. The van der Waals surface area contributed by atoms with E-state index in [1.165, 1.54) is 11.0 Å². The lowest BCUT2D eigenvalue weighted by molar-refractivity contribution is -0.150. The SMILES string of the molecule is C=CC(=O)N(CC)CC(=O)NCCC1(C)COCCO1. The second-order valence-electron chi connectivity index (χ2n) is 5.01. The minimum absolute atomic E-state index is 0.0510. The summed E-state index contributed by atoms with van der Waals surface area (Å²) in [5, 5.41) is 2.80. The maximum atomic E-state index is 11.8. The van der Waals surface area contributed by atoms with Crippen LogP contribution >= 0.6 is 0 Å². The average Bonchev–Trinajstić information content (AvgIpc) is 2.44. The van der Waals surface area contributed by atoms with E-state index in [1.807, 2.05) is 13.8 Å². The van der Waals surface area contributed by atoms with Gasteiger partial charge < -0.3 is 19.7 Å². The van der Waals surface area contributed by atoms with Crippen molar-refractivity contribution in [3.63, 3.8) is 0 Å². The lowest BCUT2D eigenvalue weighted by Crippen LogP contribution is -2.45. The molecule has 0 radical (unpaired) electrons. The Kier molecular flexibility index (Phi) is 6.67. The normalized spacial score (nSPS) is 22.1. The summed E-state index contributed by atoms with van der Waals surface area (Å²) < 4.78 is 11.0. The first-order valence-corrected chi connectivity index (χ1v) is 6.90. The van der Waals surface area contributed by atoms with Crippen molar-refractivity contribution in [3.8, 4) is 0 Å². The number of amides is 2. The summed E-state index contributed by atoms with van der Waals surface area (Å²) in [6.07, 6.45) is 1.89. The molecule has 1 N–H and O–H groups in total. The molecule has 6 nitrogen and oxygen atoms in total. The highest BCUT2D eigenvalue weighted by Gasteiger charge is 2.28. The van der Waals surface area contributed by atoms with Gasteiger partial charge >= 0.3 is 0 Å². The zero-order valence-electron chi connectivity index (χ0n) is 12.3. The van der Waals surface area contributed by atoms with Crippen LogP contribution in [0.3, 0.4) is 0 Å². The maximum Gasteiger partial charge on any atom is 0.246 e. The van der Waals surface area contributed by atoms with Gasteiger partial charge in [-0.05, 0) is 26.3 Å². The van der Waals surface area contributed by atoms with Gasteiger partial charge in [0, 0.05) is 13.1 Å². The summed E-state index contributed by atoms with van der Waals surface area (Å²) in [4.78, 5) is 24.6. The molecule has 1 rings (SSSR count). The van der Waals surface area contributed by atoms with Gasteiger partial charge in [0.15, 0.2) is 0 Å². The number of carbonyl (C=O) groups excluding carboxylic acids is 2. The zero-order chi connectivity index (χ0) is 15.0. The molecule has 1 fully saturated rings. The number of carbonyl (C=O) groups is 2. The third-order valence-corrected chi connectivity index (χ3v) is 3.26. The largest absolute Gasteiger partial charge is 0.376 e. The Morgan fingerprint density at radius 1 is 1.45 bits per heavy atom. The molecule has 1 heterocycles. The molecule has 0 aromatic rings. The molecule has 1 aliphatic rings. The van der Waals surface area contributed by atoms with Crippen LogP contribution in [-0.2, 0) is 19.1 Å². The fourth-order valence-corrected chi connectivity index (χ4v) is 1.99. The minimum atomic E-state index is -0.340. The third-order valence-electron chi connectivity index (χ3n) is 3.26. The van der Waals surface area contributed by atoms with Crippen LogP contribution in [0.2, 0.25) is 0 Å². The first kappa shape index (κ1) is 16.7. The van der Waals surface area contributed by atoms with E-state index in [1.54, 1.807) is 0 Å². The topological polar surface area (TPSA) is 67.9 Å². The monoisotopic (exact) mass is 284 g/mol. The molecule has 114 valence electrons. The number of nitrogens with one attached hydrogen (secondary N) is 1. The molecule has 0 saturated carbocycles. The quantitative estimate of drug-likeness (QED) is 0.684. The van der Waals surface area contributed by atoms with Gasteiger partial charge in [0.2, 0.25) is 11.8 Å². The van der Waals surface area contributed by atoms with Crippen LogP contribution in [0.1, 0.15) is 20.3 Å². The van der Waals surface area contributed by atoms with Gasteiger partial charge in [-0.25, -0.2) is 0 Å². The predicted octanol–water partition coefficient (Wildman–Crippen LogP) is 0.333. The van der Waals surface area contributed by atoms with Crippen molar-refractivity contribution in [3.05, 3.63) is 12.7 Å². The molecule has 0 aromatic heterocycles. The Balaban J connectivity index is 2.28. The van der Waals surface area contributed by atoms with Crippen molar-refractivity contribution in [1.82, 2.24) is 10.2 Å². The number of likely N-dealkylation sites (N-methyl/N-ethyl adjacent to an activating group) is 1. The zero-order valence-corrected chi connectivity index (χ0v) is 12.3. The highest BCUT2D eigenvalue weighted by molar-refractivity contribution is 5.90. The van der Waals surface area contributed by atoms with Crippen LogP contribution < -0.4 is 5.32 Å². The van der Waals surface area contributed by atoms with E-state index in [0.717, 1.165) is 0 Å². The summed E-state index contributed by atoms with van der Waals surface area (Å²) in [7, 11) is 0. The van der Waals surface area contributed by atoms with E-state index in [0.29, 0.717) is 39.3 Å². The predicted molar refractivity (Wildman–Crippen MR) is 75.3 cm³/mol. The smallest absolute Gasteiger partial charge is 0.246 e. The fraction of sp³-hybridized carbons (Fsp3) is 0.714. The lowest BCUT2D eigenvalue weighted by atomic mass is 10.0. The van der Waals surface area contributed by atoms with E-state index in [9.17, 15) is 9.59 Å². The van der Waals surface area contributed by atoms with Crippen molar-refractivity contribution < 1.29 is 19.1 Å². The number of rotatable bonds is 7. The Labute approximate surface area is 120 Å². The van der Waals surface area contributed by atoms with Gasteiger partial charge in [-0.1, -0.05) is 6.58 Å². The van der Waals surface area contributed by atoms with E-state index in [2.05, 4.69) is 11.9 Å². The highest BCUT2D eigenvalue weighted by atomic mass is 16.6. The van der Waals surface area contributed by atoms with Crippen LogP contribution in [0.4, 0.5) is 0 Å². The van der Waals surface area contributed by atoms with Crippen molar-refractivity contribution in [2.24, 2.45) is 0 Å². The van der Waals surface area contributed by atoms with Crippen molar-refractivity contribution in [2.45, 2.75) is 25.9 Å². The third kappa shape index (κ3) is 5.30. The van der Waals surface area contributed by atoms with Gasteiger partial charge in [0.1, 0.15) is 0 Å². The molecule has 1 saturated heterocycles. The van der Waals surface area contributed by atoms with Crippen molar-refractivity contribution >= 4 is 11.8 Å². The molecule has 2 amide bonds. The number of hydrogen-bond acceptors (Lipinski definition) is 4. The van der Waals surface area contributed by atoms with Gasteiger partial charge in [-0.3, -0.25) is 9.59 Å². The van der Waals surface area contributed by atoms with E-state index < -0.39 is 0 Å². The van der Waals surface area contributed by atoms with Gasteiger partial charge in [0.25, 0.3) is 0 Å². The van der Waals surface area contributed by atoms with E-state index in [-0.39, 0.29) is 24.0 Å². The second-order valence-corrected chi connectivity index (χ2v) is 5.01. The fourth-order valence-electron chi connectivity index (χ4n) is 1.99. The van der Waals surface area contributed by atoms with Gasteiger partial charge in [-0.15, -0.1) is 0 Å². The Hall–Kier alpha value is -1.40. The number of hydrogen-bond donors (Lipinski definition) is 1. The van der Waals surface area contributed by atoms with Crippen molar-refractivity contribution in [2.75, 3.05) is 39.5 Å². The van der Waals surface area contributed by atoms with Crippen LogP contribution in [0.25, 0.3) is 0 Å². The molecule has 20 heavy (non-hydrogen) atoms. The molecule has 0 bridgehead atoms. The number of ether oxygens (including phenoxy) is 2. The Morgan fingerprint density at radius 2 is 2.20 bits per heavy atom. The van der Waals surface area contributed by atoms with Crippen molar-refractivity contribution in [1.29, 1.82) is 0 Å². The molecule has 6 heteroatoms. The summed E-state index contributed by atoms with van der Waals surface area (Å²) in [6.45, 7) is 9.98. The maximum absolute atomic E-state index is 11.8. The molecular weight excluding hydrogens is 260 g/mol. The summed E-state index contributed by atoms with van der Waals surface area (Å²) in [5.74, 6) is -0.416. The Morgan fingerprint density at radius 3 is 2.75 bits per heavy atom. The van der Waals surface area contributed by atoms with E-state index >= 15 is 0 Å². The molecule has 0 spiro atoms. The highest BCUT2D eigenvalue weighted by Crippen LogP contribution is 2.18. The summed E-state index contributed by atoms with van der Waals surface area (Å²) in [6, 6.07) is 0. The molecule has 1 unspecified atom stereocenters.